The van der Waals surface area contributed by atoms with E-state index >= 15 is 0 Å². The Morgan fingerprint density at radius 1 is 0.889 bits per heavy atom. The van der Waals surface area contributed by atoms with Crippen molar-refractivity contribution >= 4 is 38.2 Å². The zero-order chi connectivity index (χ0) is 18.2. The molecule has 1 aliphatic heterocycles. The quantitative estimate of drug-likeness (QED) is 0.418. The van der Waals surface area contributed by atoms with Crippen molar-refractivity contribution in [2.45, 2.75) is 12.5 Å². The van der Waals surface area contributed by atoms with Crippen LogP contribution in [0.2, 0.25) is 0 Å². The van der Waals surface area contributed by atoms with Crippen LogP contribution in [0.4, 0.5) is 5.69 Å². The summed E-state index contributed by atoms with van der Waals surface area (Å²) in [4.78, 5) is 3.38. The molecule has 1 aliphatic rings. The Balaban J connectivity index is 1.63. The molecule has 4 heteroatoms. The predicted octanol–water partition coefficient (Wildman–Crippen LogP) is 6.29. The molecule has 0 aliphatic carbocycles. The topological polar surface area (TPSA) is 31.4 Å². The van der Waals surface area contributed by atoms with Crippen LogP contribution < -0.4 is 5.01 Å². The van der Waals surface area contributed by atoms with Gasteiger partial charge in [-0.15, -0.1) is 0 Å². The molecule has 27 heavy (non-hydrogen) atoms. The highest BCUT2D eigenvalue weighted by molar-refractivity contribution is 9.10. The van der Waals surface area contributed by atoms with Gasteiger partial charge in [-0.1, -0.05) is 70.5 Å². The number of halogens is 1. The van der Waals surface area contributed by atoms with Gasteiger partial charge in [-0.2, -0.15) is 5.10 Å². The van der Waals surface area contributed by atoms with Crippen molar-refractivity contribution in [3.05, 3.63) is 101 Å². The Morgan fingerprint density at radius 3 is 2.48 bits per heavy atom. The van der Waals surface area contributed by atoms with E-state index in [0.717, 1.165) is 27.8 Å². The minimum atomic E-state index is 0.159. The second-order valence-corrected chi connectivity index (χ2v) is 7.57. The van der Waals surface area contributed by atoms with Gasteiger partial charge in [0.2, 0.25) is 0 Å². The smallest absolute Gasteiger partial charge is 0.0842 e. The normalized spacial score (nSPS) is 16.7. The summed E-state index contributed by atoms with van der Waals surface area (Å²) >= 11 is 3.73. The number of hydrogen-bond donors (Lipinski definition) is 1. The number of benzene rings is 3. The van der Waals surface area contributed by atoms with Crippen molar-refractivity contribution in [1.29, 1.82) is 0 Å². The zero-order valence-electron chi connectivity index (χ0n) is 14.6. The highest BCUT2D eigenvalue weighted by atomic mass is 79.9. The van der Waals surface area contributed by atoms with Crippen LogP contribution >= 0.6 is 15.9 Å². The standard InChI is InChI=1S/C23H18BrN3/c24-20-12-6-4-11-18(20)23-14-22(26-27(23)16-8-2-1-3-9-16)19-15-25-21-13-7-5-10-17(19)21/h1-13,15,23,25H,14H2. The fourth-order valence-electron chi connectivity index (χ4n) is 3.79. The van der Waals surface area contributed by atoms with Crippen LogP contribution in [0.15, 0.2) is 94.6 Å². The maximum Gasteiger partial charge on any atom is 0.0842 e. The van der Waals surface area contributed by atoms with Crippen LogP contribution in [-0.4, -0.2) is 10.7 Å². The van der Waals surface area contributed by atoms with Crippen molar-refractivity contribution < 1.29 is 0 Å². The molecule has 1 atom stereocenters. The SMILES string of the molecule is Brc1ccccc1C1CC(c2c[nH]c3ccccc23)=NN1c1ccccc1. The first-order valence-electron chi connectivity index (χ1n) is 9.04. The van der Waals surface area contributed by atoms with E-state index in [4.69, 9.17) is 5.10 Å². The number of anilines is 1. The molecule has 3 nitrogen and oxygen atoms in total. The lowest BCUT2D eigenvalue weighted by Gasteiger charge is -2.24. The number of fused-ring (bicyclic) bond motifs is 1. The summed E-state index contributed by atoms with van der Waals surface area (Å²) in [6, 6.07) is 27.4. The number of rotatable bonds is 3. The highest BCUT2D eigenvalue weighted by Gasteiger charge is 2.31. The van der Waals surface area contributed by atoms with E-state index in [9.17, 15) is 0 Å². The van der Waals surface area contributed by atoms with Gasteiger partial charge in [-0.3, -0.25) is 5.01 Å². The minimum absolute atomic E-state index is 0.159. The van der Waals surface area contributed by atoms with E-state index in [0.29, 0.717) is 0 Å². The summed E-state index contributed by atoms with van der Waals surface area (Å²) in [5, 5.41) is 8.43. The van der Waals surface area contributed by atoms with Crippen molar-refractivity contribution in [3.63, 3.8) is 0 Å². The lowest BCUT2D eigenvalue weighted by Crippen LogP contribution is -2.18. The van der Waals surface area contributed by atoms with Gasteiger partial charge in [0.15, 0.2) is 0 Å². The van der Waals surface area contributed by atoms with Crippen LogP contribution in [0.5, 0.6) is 0 Å². The van der Waals surface area contributed by atoms with Crippen LogP contribution in [0, 0.1) is 0 Å². The maximum absolute atomic E-state index is 5.06. The number of H-pyrrole nitrogens is 1. The summed E-state index contributed by atoms with van der Waals surface area (Å²) in [6.07, 6.45) is 2.94. The Kier molecular flexibility index (Phi) is 4.06. The van der Waals surface area contributed by atoms with Gasteiger partial charge in [0.05, 0.1) is 17.4 Å². The molecule has 0 saturated carbocycles. The number of para-hydroxylation sites is 2. The summed E-state index contributed by atoms with van der Waals surface area (Å²) in [5.74, 6) is 0. The molecule has 4 aromatic rings. The Bertz CT molecular complexity index is 1130. The van der Waals surface area contributed by atoms with E-state index in [2.05, 4.69) is 105 Å². The average molecular weight is 416 g/mol. The van der Waals surface area contributed by atoms with Gasteiger partial charge >= 0.3 is 0 Å². The highest BCUT2D eigenvalue weighted by Crippen LogP contribution is 2.40. The predicted molar refractivity (Wildman–Crippen MR) is 115 cm³/mol. The molecule has 3 aromatic carbocycles. The second-order valence-electron chi connectivity index (χ2n) is 6.72. The molecule has 2 heterocycles. The second kappa shape index (κ2) is 6.71. The first-order valence-corrected chi connectivity index (χ1v) is 9.83. The lowest BCUT2D eigenvalue weighted by atomic mass is 9.98. The maximum atomic E-state index is 5.06. The van der Waals surface area contributed by atoms with Crippen molar-refractivity contribution in [3.8, 4) is 0 Å². The largest absolute Gasteiger partial charge is 0.360 e. The third-order valence-corrected chi connectivity index (χ3v) is 5.82. The molecule has 1 unspecified atom stereocenters. The number of aromatic nitrogens is 1. The number of hydrazone groups is 1. The van der Waals surface area contributed by atoms with Crippen LogP contribution in [0.3, 0.4) is 0 Å². The van der Waals surface area contributed by atoms with Crippen molar-refractivity contribution in [2.75, 3.05) is 5.01 Å². The molecule has 1 aromatic heterocycles. The molecular formula is C23H18BrN3. The van der Waals surface area contributed by atoms with Gasteiger partial charge in [0, 0.05) is 33.6 Å². The third kappa shape index (κ3) is 2.86. The van der Waals surface area contributed by atoms with Crippen LogP contribution in [0.1, 0.15) is 23.6 Å². The monoisotopic (exact) mass is 415 g/mol. The van der Waals surface area contributed by atoms with E-state index in [1.165, 1.54) is 16.5 Å². The van der Waals surface area contributed by atoms with Gasteiger partial charge in [0.25, 0.3) is 0 Å². The van der Waals surface area contributed by atoms with Crippen molar-refractivity contribution in [2.24, 2.45) is 5.10 Å². The van der Waals surface area contributed by atoms with Crippen LogP contribution in [-0.2, 0) is 0 Å². The average Bonchev–Trinajstić information content (AvgIpc) is 3.33. The number of nitrogens with zero attached hydrogens (tertiary/aromatic N) is 2. The Labute approximate surface area is 166 Å². The molecule has 0 amide bonds. The molecule has 0 radical (unpaired) electrons. The van der Waals surface area contributed by atoms with E-state index in [1.54, 1.807) is 0 Å². The minimum Gasteiger partial charge on any atom is -0.360 e. The third-order valence-electron chi connectivity index (χ3n) is 5.10. The number of nitrogens with one attached hydrogen (secondary N) is 1. The lowest BCUT2D eigenvalue weighted by molar-refractivity contribution is 0.706. The Morgan fingerprint density at radius 2 is 1.63 bits per heavy atom. The first-order chi connectivity index (χ1) is 13.3. The van der Waals surface area contributed by atoms with Gasteiger partial charge in [-0.05, 0) is 29.8 Å². The van der Waals surface area contributed by atoms with E-state index < -0.39 is 0 Å². The number of aromatic amines is 1. The molecule has 0 saturated heterocycles. The molecular weight excluding hydrogens is 398 g/mol. The Hall–Kier alpha value is -2.85. The van der Waals surface area contributed by atoms with Crippen LogP contribution in [0.25, 0.3) is 10.9 Å². The van der Waals surface area contributed by atoms with Gasteiger partial charge in [-0.25, -0.2) is 0 Å². The first kappa shape index (κ1) is 16.3. The number of hydrogen-bond acceptors (Lipinski definition) is 2. The van der Waals surface area contributed by atoms with Crippen molar-refractivity contribution in [1.82, 2.24) is 4.98 Å². The molecule has 1 N–H and O–H groups in total. The summed E-state index contributed by atoms with van der Waals surface area (Å²) < 4.78 is 1.12. The molecule has 0 bridgehead atoms. The molecule has 132 valence electrons. The summed E-state index contributed by atoms with van der Waals surface area (Å²) in [7, 11) is 0. The van der Waals surface area contributed by atoms with Gasteiger partial charge < -0.3 is 4.98 Å². The summed E-state index contributed by atoms with van der Waals surface area (Å²) in [6.45, 7) is 0. The fraction of sp³-hybridized carbons (Fsp3) is 0.0870. The molecule has 0 fully saturated rings. The zero-order valence-corrected chi connectivity index (χ0v) is 16.2. The molecule has 0 spiro atoms. The summed E-state index contributed by atoms with van der Waals surface area (Å²) in [5.41, 5.74) is 5.79. The van der Waals surface area contributed by atoms with E-state index in [1.807, 2.05) is 6.07 Å². The molecule has 5 rings (SSSR count). The van der Waals surface area contributed by atoms with E-state index in [-0.39, 0.29) is 6.04 Å². The fourth-order valence-corrected chi connectivity index (χ4v) is 4.34. The van der Waals surface area contributed by atoms with Gasteiger partial charge in [0.1, 0.15) is 0 Å².